The molecule has 0 radical (unpaired) electrons. The predicted octanol–water partition coefficient (Wildman–Crippen LogP) is 4.81. The maximum absolute atomic E-state index is 6.19. The molecular formula is C16H22BrN3. The Hall–Kier alpha value is -1.13. The molecule has 1 heterocycles. The number of hydrogen-bond acceptors (Lipinski definition) is 2. The first-order valence-corrected chi connectivity index (χ1v) is 8.06. The summed E-state index contributed by atoms with van der Waals surface area (Å²) in [6, 6.07) is 8.19. The zero-order valence-corrected chi connectivity index (χ0v) is 13.5. The van der Waals surface area contributed by atoms with E-state index >= 15 is 0 Å². The first kappa shape index (κ1) is 15.3. The normalized spacial score (nSPS) is 12.6. The Bertz CT molecular complexity index is 519. The van der Waals surface area contributed by atoms with Gasteiger partial charge in [0.2, 0.25) is 0 Å². The van der Waals surface area contributed by atoms with Crippen LogP contribution >= 0.6 is 15.9 Å². The van der Waals surface area contributed by atoms with Crippen molar-refractivity contribution in [2.75, 3.05) is 0 Å². The smallest absolute Gasteiger partial charge is 0.123 e. The molecule has 3 nitrogen and oxygen atoms in total. The lowest BCUT2D eigenvalue weighted by molar-refractivity contribution is 0.550. The maximum Gasteiger partial charge on any atom is 0.123 e. The molecule has 20 heavy (non-hydrogen) atoms. The molecule has 4 heteroatoms. The number of rotatable bonds is 7. The number of unbranched alkanes of at least 4 members (excludes halogenated alkanes) is 3. The lowest BCUT2D eigenvalue weighted by atomic mass is 10.1. The highest BCUT2D eigenvalue weighted by atomic mass is 79.9. The number of aromatic amines is 1. The first-order chi connectivity index (χ1) is 9.70. The topological polar surface area (TPSA) is 54.7 Å². The van der Waals surface area contributed by atoms with E-state index < -0.39 is 0 Å². The molecule has 1 aromatic heterocycles. The highest BCUT2D eigenvalue weighted by Gasteiger charge is 2.10. The van der Waals surface area contributed by atoms with Gasteiger partial charge < -0.3 is 10.7 Å². The molecule has 0 amide bonds. The van der Waals surface area contributed by atoms with Gasteiger partial charge in [-0.25, -0.2) is 4.98 Å². The molecule has 0 bridgehead atoms. The molecule has 3 N–H and O–H groups in total. The van der Waals surface area contributed by atoms with Crippen LogP contribution < -0.4 is 5.73 Å². The zero-order valence-electron chi connectivity index (χ0n) is 11.9. The maximum atomic E-state index is 6.19. The Balaban J connectivity index is 1.96. The molecule has 2 rings (SSSR count). The average molecular weight is 336 g/mol. The summed E-state index contributed by atoms with van der Waals surface area (Å²) in [5.74, 6) is 0.888. The van der Waals surface area contributed by atoms with E-state index in [-0.39, 0.29) is 6.04 Å². The minimum absolute atomic E-state index is 0.0102. The van der Waals surface area contributed by atoms with Gasteiger partial charge in [0.25, 0.3) is 0 Å². The van der Waals surface area contributed by atoms with Crippen molar-refractivity contribution in [2.45, 2.75) is 45.1 Å². The second-order valence-corrected chi connectivity index (χ2v) is 6.06. The number of hydrogen-bond donors (Lipinski definition) is 2. The third kappa shape index (κ3) is 4.18. The fourth-order valence-electron chi connectivity index (χ4n) is 2.23. The van der Waals surface area contributed by atoms with Crippen molar-refractivity contribution in [2.24, 2.45) is 5.73 Å². The lowest BCUT2D eigenvalue weighted by Gasteiger charge is -2.08. The van der Waals surface area contributed by atoms with Gasteiger partial charge in [-0.05, 0) is 24.1 Å². The number of imidazole rings is 1. The highest BCUT2D eigenvalue weighted by molar-refractivity contribution is 9.10. The summed E-state index contributed by atoms with van der Waals surface area (Å²) in [4.78, 5) is 7.76. The van der Waals surface area contributed by atoms with Gasteiger partial charge in [-0.2, -0.15) is 0 Å². The summed E-state index contributed by atoms with van der Waals surface area (Å²) in [7, 11) is 0. The van der Waals surface area contributed by atoms with Gasteiger partial charge >= 0.3 is 0 Å². The van der Waals surface area contributed by atoms with Crippen LogP contribution in [0.3, 0.4) is 0 Å². The third-order valence-electron chi connectivity index (χ3n) is 3.47. The van der Waals surface area contributed by atoms with Gasteiger partial charge in [-0.1, -0.05) is 60.7 Å². The Kier molecular flexibility index (Phi) is 5.80. The Morgan fingerprint density at radius 3 is 2.65 bits per heavy atom. The van der Waals surface area contributed by atoms with Crippen LogP contribution in [-0.2, 0) is 0 Å². The number of nitrogens with zero attached hydrogens (tertiary/aromatic N) is 1. The summed E-state index contributed by atoms with van der Waals surface area (Å²) in [5, 5.41) is 0. The van der Waals surface area contributed by atoms with E-state index in [4.69, 9.17) is 5.73 Å². The molecule has 2 aromatic rings. The molecule has 0 aliphatic heterocycles. The van der Waals surface area contributed by atoms with Crippen molar-refractivity contribution in [1.82, 2.24) is 9.97 Å². The molecule has 0 fully saturated rings. The molecule has 0 aliphatic rings. The first-order valence-electron chi connectivity index (χ1n) is 7.27. The van der Waals surface area contributed by atoms with Gasteiger partial charge in [0.05, 0.1) is 17.9 Å². The summed E-state index contributed by atoms with van der Waals surface area (Å²) < 4.78 is 1.08. The van der Waals surface area contributed by atoms with Crippen LogP contribution in [0.1, 0.15) is 50.9 Å². The third-order valence-corrected chi connectivity index (χ3v) is 4.00. The molecule has 0 saturated heterocycles. The Labute approximate surface area is 129 Å². The van der Waals surface area contributed by atoms with Gasteiger partial charge in [0.1, 0.15) is 5.82 Å². The summed E-state index contributed by atoms with van der Waals surface area (Å²) >= 11 is 3.44. The van der Waals surface area contributed by atoms with E-state index in [9.17, 15) is 0 Å². The van der Waals surface area contributed by atoms with Gasteiger partial charge in [-0.3, -0.25) is 0 Å². The van der Waals surface area contributed by atoms with Gasteiger partial charge in [0.15, 0.2) is 0 Å². The minimum atomic E-state index is 0.0102. The largest absolute Gasteiger partial charge is 0.341 e. The van der Waals surface area contributed by atoms with Crippen molar-refractivity contribution in [3.63, 3.8) is 0 Å². The molecule has 0 saturated carbocycles. The molecular weight excluding hydrogens is 314 g/mol. The van der Waals surface area contributed by atoms with Crippen molar-refractivity contribution < 1.29 is 0 Å². The van der Waals surface area contributed by atoms with Crippen LogP contribution in [-0.4, -0.2) is 9.97 Å². The monoisotopic (exact) mass is 335 g/mol. The van der Waals surface area contributed by atoms with Gasteiger partial charge in [-0.15, -0.1) is 0 Å². The molecule has 1 atom stereocenters. The summed E-state index contributed by atoms with van der Waals surface area (Å²) in [6.45, 7) is 2.22. The molecule has 1 aromatic carbocycles. The van der Waals surface area contributed by atoms with E-state index in [1.165, 1.54) is 25.7 Å². The summed E-state index contributed by atoms with van der Waals surface area (Å²) in [6.07, 6.45) is 7.82. The Morgan fingerprint density at radius 1 is 1.20 bits per heavy atom. The number of nitrogens with one attached hydrogen (secondary N) is 1. The quantitative estimate of drug-likeness (QED) is 0.713. The van der Waals surface area contributed by atoms with Crippen LogP contribution in [0, 0.1) is 0 Å². The second kappa shape index (κ2) is 7.60. The standard InChI is InChI=1S/C16H22BrN3/c1-2-3-4-5-6-14(18)16-19-11-15(20-16)12-7-9-13(17)10-8-12/h7-11,14H,2-6,18H2,1H3,(H,19,20)/t14-/m1/s1. The van der Waals surface area contributed by atoms with E-state index in [0.29, 0.717) is 0 Å². The average Bonchev–Trinajstić information content (AvgIpc) is 2.94. The number of benzene rings is 1. The molecule has 0 aliphatic carbocycles. The van der Waals surface area contributed by atoms with Crippen molar-refractivity contribution >= 4 is 15.9 Å². The van der Waals surface area contributed by atoms with Crippen LogP contribution in [0.5, 0.6) is 0 Å². The van der Waals surface area contributed by atoms with E-state index in [1.807, 2.05) is 18.3 Å². The zero-order chi connectivity index (χ0) is 14.4. The van der Waals surface area contributed by atoms with Crippen LogP contribution in [0.4, 0.5) is 0 Å². The van der Waals surface area contributed by atoms with E-state index in [2.05, 4.69) is 45.0 Å². The number of halogens is 1. The van der Waals surface area contributed by atoms with Crippen molar-refractivity contribution in [3.8, 4) is 11.3 Å². The van der Waals surface area contributed by atoms with Gasteiger partial charge in [0, 0.05) is 4.47 Å². The van der Waals surface area contributed by atoms with Crippen LogP contribution in [0.15, 0.2) is 34.9 Å². The Morgan fingerprint density at radius 2 is 1.95 bits per heavy atom. The van der Waals surface area contributed by atoms with Crippen LogP contribution in [0.2, 0.25) is 0 Å². The van der Waals surface area contributed by atoms with E-state index in [0.717, 1.165) is 28.0 Å². The fourth-order valence-corrected chi connectivity index (χ4v) is 2.49. The molecule has 0 unspecified atom stereocenters. The lowest BCUT2D eigenvalue weighted by Crippen LogP contribution is -2.11. The number of nitrogens with two attached hydrogens (primary N) is 1. The second-order valence-electron chi connectivity index (χ2n) is 5.14. The highest BCUT2D eigenvalue weighted by Crippen LogP contribution is 2.22. The molecule has 0 spiro atoms. The van der Waals surface area contributed by atoms with Crippen molar-refractivity contribution in [1.29, 1.82) is 0 Å². The fraction of sp³-hybridized carbons (Fsp3) is 0.438. The van der Waals surface area contributed by atoms with Crippen LogP contribution in [0.25, 0.3) is 11.3 Å². The predicted molar refractivity (Wildman–Crippen MR) is 87.4 cm³/mol. The minimum Gasteiger partial charge on any atom is -0.341 e. The number of H-pyrrole nitrogens is 1. The molecule has 108 valence electrons. The SMILES string of the molecule is CCCCCC[C@@H](N)c1ncc(-c2ccc(Br)cc2)[nH]1. The van der Waals surface area contributed by atoms with E-state index in [1.54, 1.807) is 0 Å². The van der Waals surface area contributed by atoms with Crippen molar-refractivity contribution in [3.05, 3.63) is 40.8 Å². The number of aromatic nitrogens is 2. The summed E-state index contributed by atoms with van der Waals surface area (Å²) in [5.41, 5.74) is 8.35.